The Morgan fingerprint density at radius 2 is 1.65 bits per heavy atom. The first-order chi connectivity index (χ1) is 12.4. The Morgan fingerprint density at radius 3 is 2.31 bits per heavy atom. The lowest BCUT2D eigenvalue weighted by molar-refractivity contribution is -0.121. The van der Waals surface area contributed by atoms with Gasteiger partial charge >= 0.3 is 0 Å². The quantitative estimate of drug-likeness (QED) is 0.644. The lowest BCUT2D eigenvalue weighted by Gasteiger charge is -2.31. The fourth-order valence-electron chi connectivity index (χ4n) is 3.16. The molecule has 1 heterocycles. The molecule has 0 radical (unpaired) electrons. The van der Waals surface area contributed by atoms with Crippen LogP contribution < -0.4 is 5.32 Å². The molecule has 138 valence electrons. The minimum absolute atomic E-state index is 0.0136. The lowest BCUT2D eigenvalue weighted by Crippen LogP contribution is -2.37. The van der Waals surface area contributed by atoms with Crippen molar-refractivity contribution in [1.82, 2.24) is 4.90 Å². The molecule has 0 atom stereocenters. The van der Waals surface area contributed by atoms with Crippen LogP contribution in [0.25, 0.3) is 0 Å². The molecule has 0 saturated carbocycles. The normalized spacial score (nSPS) is 15.8. The fraction of sp³-hybridized carbons (Fsp3) is 0.350. The fourth-order valence-corrected chi connectivity index (χ4v) is 3.75. The van der Waals surface area contributed by atoms with E-state index in [4.69, 9.17) is 34.8 Å². The number of hydrogen-bond acceptors (Lipinski definition) is 2. The van der Waals surface area contributed by atoms with Crippen LogP contribution in [0.4, 0.5) is 5.69 Å². The maximum atomic E-state index is 12.6. The van der Waals surface area contributed by atoms with Crippen LogP contribution in [0, 0.1) is 12.8 Å². The van der Waals surface area contributed by atoms with Gasteiger partial charge in [0.15, 0.2) is 0 Å². The van der Waals surface area contributed by atoms with E-state index in [1.807, 2.05) is 0 Å². The van der Waals surface area contributed by atoms with Crippen LogP contribution in [-0.4, -0.2) is 23.9 Å². The Balaban J connectivity index is 1.53. The van der Waals surface area contributed by atoms with Gasteiger partial charge in [0.2, 0.25) is 5.91 Å². The van der Waals surface area contributed by atoms with Crippen molar-refractivity contribution >= 4 is 46.4 Å². The van der Waals surface area contributed by atoms with E-state index in [-0.39, 0.29) is 11.8 Å². The smallest absolute Gasteiger partial charge is 0.227 e. The highest BCUT2D eigenvalue weighted by molar-refractivity contribution is 6.44. The zero-order chi connectivity index (χ0) is 18.7. The summed E-state index contributed by atoms with van der Waals surface area (Å²) in [5.74, 6) is -0.0323. The van der Waals surface area contributed by atoms with Crippen molar-refractivity contribution in [3.05, 3.63) is 62.6 Å². The van der Waals surface area contributed by atoms with E-state index in [9.17, 15) is 4.79 Å². The van der Waals surface area contributed by atoms with E-state index >= 15 is 0 Å². The monoisotopic (exact) mass is 410 g/mol. The summed E-state index contributed by atoms with van der Waals surface area (Å²) in [7, 11) is 0. The zero-order valence-corrected chi connectivity index (χ0v) is 16.8. The number of carbonyl (C=O) groups is 1. The number of anilines is 1. The van der Waals surface area contributed by atoms with Gasteiger partial charge in [0.25, 0.3) is 0 Å². The summed E-state index contributed by atoms with van der Waals surface area (Å²) < 4.78 is 0. The summed E-state index contributed by atoms with van der Waals surface area (Å²) in [4.78, 5) is 14.9. The SMILES string of the molecule is Cc1ccc(CN2CCC(C(=O)Nc3cc(Cl)c(Cl)cc3Cl)CC2)cc1. The van der Waals surface area contributed by atoms with Gasteiger partial charge in [0, 0.05) is 12.5 Å². The van der Waals surface area contributed by atoms with Gasteiger partial charge in [-0.1, -0.05) is 64.6 Å². The number of benzene rings is 2. The van der Waals surface area contributed by atoms with Gasteiger partial charge < -0.3 is 5.32 Å². The van der Waals surface area contributed by atoms with Crippen molar-refractivity contribution in [1.29, 1.82) is 0 Å². The summed E-state index contributed by atoms with van der Waals surface area (Å²) in [5, 5.41) is 4.03. The molecule has 1 amide bonds. The molecule has 1 N–H and O–H groups in total. The topological polar surface area (TPSA) is 32.3 Å². The van der Waals surface area contributed by atoms with Gasteiger partial charge in [0.1, 0.15) is 0 Å². The maximum Gasteiger partial charge on any atom is 0.227 e. The van der Waals surface area contributed by atoms with Gasteiger partial charge in [-0.3, -0.25) is 9.69 Å². The first-order valence-electron chi connectivity index (χ1n) is 8.65. The van der Waals surface area contributed by atoms with Crippen LogP contribution in [0.3, 0.4) is 0 Å². The van der Waals surface area contributed by atoms with Crippen LogP contribution in [-0.2, 0) is 11.3 Å². The molecule has 0 bridgehead atoms. The van der Waals surface area contributed by atoms with Crippen LogP contribution in [0.15, 0.2) is 36.4 Å². The number of rotatable bonds is 4. The number of amides is 1. The summed E-state index contributed by atoms with van der Waals surface area (Å²) in [6.07, 6.45) is 1.66. The predicted octanol–water partition coefficient (Wildman–Crippen LogP) is 5.81. The molecule has 6 heteroatoms. The second kappa shape index (κ2) is 8.62. The number of likely N-dealkylation sites (tertiary alicyclic amines) is 1. The maximum absolute atomic E-state index is 12.6. The number of piperidine rings is 1. The molecule has 3 rings (SSSR count). The van der Waals surface area contributed by atoms with Crippen molar-refractivity contribution in [3.8, 4) is 0 Å². The van der Waals surface area contributed by atoms with Gasteiger partial charge in [-0.15, -0.1) is 0 Å². The number of hydrogen-bond donors (Lipinski definition) is 1. The Hall–Kier alpha value is -1.26. The lowest BCUT2D eigenvalue weighted by atomic mass is 9.95. The molecule has 1 aliphatic heterocycles. The number of aryl methyl sites for hydroxylation is 1. The number of nitrogens with one attached hydrogen (secondary N) is 1. The van der Waals surface area contributed by atoms with E-state index in [1.54, 1.807) is 12.1 Å². The highest BCUT2D eigenvalue weighted by atomic mass is 35.5. The second-order valence-electron chi connectivity index (χ2n) is 6.77. The van der Waals surface area contributed by atoms with E-state index in [2.05, 4.69) is 41.4 Å². The Kier molecular flexibility index (Phi) is 6.46. The molecular weight excluding hydrogens is 391 g/mol. The number of carbonyl (C=O) groups excluding carboxylic acids is 1. The first kappa shape index (κ1) is 19.5. The molecule has 1 saturated heterocycles. The molecule has 0 aromatic heterocycles. The Labute approximate surface area is 169 Å². The predicted molar refractivity (Wildman–Crippen MR) is 109 cm³/mol. The molecule has 1 aliphatic rings. The number of nitrogens with zero attached hydrogens (tertiary/aromatic N) is 1. The largest absolute Gasteiger partial charge is 0.324 e. The van der Waals surface area contributed by atoms with E-state index in [0.29, 0.717) is 20.8 Å². The summed E-state index contributed by atoms with van der Waals surface area (Å²) in [5.41, 5.74) is 3.08. The molecule has 2 aromatic rings. The molecule has 0 unspecified atom stereocenters. The first-order valence-corrected chi connectivity index (χ1v) is 9.79. The van der Waals surface area contributed by atoms with Gasteiger partial charge in [-0.2, -0.15) is 0 Å². The highest BCUT2D eigenvalue weighted by Gasteiger charge is 2.25. The van der Waals surface area contributed by atoms with Crippen molar-refractivity contribution in [2.24, 2.45) is 5.92 Å². The van der Waals surface area contributed by atoms with Crippen molar-refractivity contribution < 1.29 is 4.79 Å². The van der Waals surface area contributed by atoms with E-state index in [1.165, 1.54) is 11.1 Å². The second-order valence-corrected chi connectivity index (χ2v) is 7.99. The van der Waals surface area contributed by atoms with Crippen LogP contribution in [0.5, 0.6) is 0 Å². The third kappa shape index (κ3) is 4.92. The molecule has 1 fully saturated rings. The molecule has 0 spiro atoms. The summed E-state index contributed by atoms with van der Waals surface area (Å²) in [6, 6.07) is 11.7. The van der Waals surface area contributed by atoms with Crippen LogP contribution >= 0.6 is 34.8 Å². The Morgan fingerprint density at radius 1 is 1.04 bits per heavy atom. The zero-order valence-electron chi connectivity index (χ0n) is 14.6. The molecular formula is C20H21Cl3N2O. The van der Waals surface area contributed by atoms with Gasteiger partial charge in [-0.25, -0.2) is 0 Å². The minimum atomic E-state index is -0.0187. The van der Waals surface area contributed by atoms with E-state index < -0.39 is 0 Å². The van der Waals surface area contributed by atoms with Crippen LogP contribution in [0.2, 0.25) is 15.1 Å². The van der Waals surface area contributed by atoms with Gasteiger partial charge in [0.05, 0.1) is 20.8 Å². The highest BCUT2D eigenvalue weighted by Crippen LogP contribution is 2.33. The average Bonchev–Trinajstić information content (AvgIpc) is 2.62. The third-order valence-corrected chi connectivity index (χ3v) is 5.79. The Bertz CT molecular complexity index is 784. The average molecular weight is 412 g/mol. The van der Waals surface area contributed by atoms with E-state index in [0.717, 1.165) is 32.5 Å². The molecule has 3 nitrogen and oxygen atoms in total. The standard InChI is InChI=1S/C20H21Cl3N2O/c1-13-2-4-14(5-3-13)12-25-8-6-15(7-9-25)20(26)24-19-11-17(22)16(21)10-18(19)23/h2-5,10-11,15H,6-9,12H2,1H3,(H,24,26). The molecule has 2 aromatic carbocycles. The summed E-state index contributed by atoms with van der Waals surface area (Å²) >= 11 is 18.1. The molecule has 26 heavy (non-hydrogen) atoms. The van der Waals surface area contributed by atoms with Crippen molar-refractivity contribution in [2.45, 2.75) is 26.3 Å². The minimum Gasteiger partial charge on any atom is -0.324 e. The summed E-state index contributed by atoms with van der Waals surface area (Å²) in [6.45, 7) is 4.82. The molecule has 0 aliphatic carbocycles. The van der Waals surface area contributed by atoms with Crippen molar-refractivity contribution in [3.63, 3.8) is 0 Å². The third-order valence-electron chi connectivity index (χ3n) is 4.75. The van der Waals surface area contributed by atoms with Crippen LogP contribution in [0.1, 0.15) is 24.0 Å². The van der Waals surface area contributed by atoms with Crippen molar-refractivity contribution in [2.75, 3.05) is 18.4 Å². The van der Waals surface area contributed by atoms with Gasteiger partial charge in [-0.05, 0) is 50.6 Å². The number of halogens is 3.